The van der Waals surface area contributed by atoms with Crippen LogP contribution >= 0.6 is 0 Å². The van der Waals surface area contributed by atoms with Gasteiger partial charge in [-0.1, -0.05) is 48.5 Å². The summed E-state index contributed by atoms with van der Waals surface area (Å²) in [7, 11) is 0. The Hall–Kier alpha value is -4.41. The van der Waals surface area contributed by atoms with E-state index in [1.807, 2.05) is 48.5 Å². The van der Waals surface area contributed by atoms with Crippen molar-refractivity contribution in [1.82, 2.24) is 9.38 Å². The molecule has 0 aliphatic rings. The Morgan fingerprint density at radius 3 is 2.31 bits per heavy atom. The highest BCUT2D eigenvalue weighted by Gasteiger charge is 2.17. The zero-order valence-corrected chi connectivity index (χ0v) is 15.2. The Balaban J connectivity index is 2.04. The van der Waals surface area contributed by atoms with E-state index in [0.717, 1.165) is 49.1 Å². The molecule has 0 fully saturated rings. The lowest BCUT2D eigenvalue weighted by atomic mass is 9.98. The summed E-state index contributed by atoms with van der Waals surface area (Å²) in [5.41, 5.74) is 4.42. The summed E-state index contributed by atoms with van der Waals surface area (Å²) in [5, 5.41) is 5.34. The SMILES string of the molecule is [C-]#[N+]c1cc2c3c4ccccc4ccc3c3nc4ccccc4n3c2cc1[N+]#[C-]. The molecule has 0 unspecified atom stereocenters. The lowest BCUT2D eigenvalue weighted by Gasteiger charge is -2.13. The Morgan fingerprint density at radius 1 is 0.690 bits per heavy atom. The minimum atomic E-state index is 0.367. The molecule has 0 atom stereocenters. The van der Waals surface area contributed by atoms with Crippen molar-refractivity contribution in [1.29, 1.82) is 0 Å². The van der Waals surface area contributed by atoms with Crippen molar-refractivity contribution in [2.45, 2.75) is 0 Å². The Kier molecular flexibility index (Phi) is 2.99. The lowest BCUT2D eigenvalue weighted by molar-refractivity contribution is 1.32. The van der Waals surface area contributed by atoms with Crippen LogP contribution in [0.4, 0.5) is 11.4 Å². The van der Waals surface area contributed by atoms with E-state index in [-0.39, 0.29) is 0 Å². The van der Waals surface area contributed by atoms with Crippen molar-refractivity contribution in [2.75, 3.05) is 0 Å². The lowest BCUT2D eigenvalue weighted by Crippen LogP contribution is -1.92. The van der Waals surface area contributed by atoms with Crippen LogP contribution in [-0.2, 0) is 0 Å². The van der Waals surface area contributed by atoms with E-state index in [4.69, 9.17) is 18.1 Å². The molecule has 0 saturated carbocycles. The average molecular weight is 368 g/mol. The summed E-state index contributed by atoms with van der Waals surface area (Å²) in [6, 6.07) is 24.2. The van der Waals surface area contributed by atoms with Crippen LogP contribution in [0.5, 0.6) is 0 Å². The molecular formula is C25H12N4. The van der Waals surface area contributed by atoms with Crippen LogP contribution in [0.25, 0.3) is 58.8 Å². The average Bonchev–Trinajstić information content (AvgIpc) is 3.17. The van der Waals surface area contributed by atoms with Gasteiger partial charge >= 0.3 is 0 Å². The molecule has 4 aromatic carbocycles. The van der Waals surface area contributed by atoms with Crippen LogP contribution in [0, 0.1) is 13.1 Å². The molecule has 4 nitrogen and oxygen atoms in total. The Morgan fingerprint density at radius 2 is 1.45 bits per heavy atom. The fourth-order valence-corrected chi connectivity index (χ4v) is 4.33. The number of para-hydroxylation sites is 2. The first kappa shape index (κ1) is 15.6. The molecule has 0 amide bonds. The summed E-state index contributed by atoms with van der Waals surface area (Å²) in [4.78, 5) is 12.2. The zero-order chi connectivity index (χ0) is 19.5. The molecule has 0 aliphatic heterocycles. The van der Waals surface area contributed by atoms with Gasteiger partial charge in [0, 0.05) is 16.3 Å². The second kappa shape index (κ2) is 5.55. The fourth-order valence-electron chi connectivity index (χ4n) is 4.33. The number of imidazole rings is 1. The number of nitrogens with zero attached hydrogens (tertiary/aromatic N) is 4. The van der Waals surface area contributed by atoms with Gasteiger partial charge in [-0.2, -0.15) is 0 Å². The highest BCUT2D eigenvalue weighted by molar-refractivity contribution is 6.24. The molecule has 0 spiro atoms. The topological polar surface area (TPSA) is 26.0 Å². The van der Waals surface area contributed by atoms with E-state index >= 15 is 0 Å². The molecule has 0 bridgehead atoms. The predicted octanol–water partition coefficient (Wildman–Crippen LogP) is 7.05. The summed E-state index contributed by atoms with van der Waals surface area (Å²) in [5.74, 6) is 0. The molecule has 29 heavy (non-hydrogen) atoms. The van der Waals surface area contributed by atoms with Crippen molar-refractivity contribution < 1.29 is 0 Å². The first-order valence-corrected chi connectivity index (χ1v) is 9.23. The second-order valence-electron chi connectivity index (χ2n) is 7.05. The highest BCUT2D eigenvalue weighted by atomic mass is 15.0. The molecule has 0 aliphatic carbocycles. The maximum absolute atomic E-state index is 7.56. The minimum absolute atomic E-state index is 0.367. The van der Waals surface area contributed by atoms with E-state index in [1.165, 1.54) is 0 Å². The Labute approximate surface area is 165 Å². The first-order chi connectivity index (χ1) is 14.3. The summed E-state index contributed by atoms with van der Waals surface area (Å²) in [6.45, 7) is 15.1. The predicted molar refractivity (Wildman–Crippen MR) is 118 cm³/mol. The monoisotopic (exact) mass is 368 g/mol. The van der Waals surface area contributed by atoms with Gasteiger partial charge in [0.05, 0.1) is 24.2 Å². The Bertz CT molecular complexity index is 1730. The highest BCUT2D eigenvalue weighted by Crippen LogP contribution is 2.41. The zero-order valence-electron chi connectivity index (χ0n) is 15.2. The maximum atomic E-state index is 7.56. The molecule has 0 saturated heterocycles. The van der Waals surface area contributed by atoms with E-state index < -0.39 is 0 Å². The molecule has 6 rings (SSSR count). The van der Waals surface area contributed by atoms with Gasteiger partial charge in [0.1, 0.15) is 5.65 Å². The quantitative estimate of drug-likeness (QED) is 0.208. The van der Waals surface area contributed by atoms with Gasteiger partial charge in [-0.25, -0.2) is 4.98 Å². The molecule has 6 aromatic rings. The number of fused-ring (bicyclic) bond motifs is 10. The molecule has 0 radical (unpaired) electrons. The number of aromatic nitrogens is 2. The van der Waals surface area contributed by atoms with Crippen molar-refractivity contribution >= 4 is 60.5 Å². The van der Waals surface area contributed by atoms with Crippen molar-refractivity contribution in [3.8, 4) is 0 Å². The molecule has 0 N–H and O–H groups in total. The third kappa shape index (κ3) is 1.98. The van der Waals surface area contributed by atoms with Crippen LogP contribution in [0.15, 0.2) is 72.8 Å². The summed E-state index contributed by atoms with van der Waals surface area (Å²) >= 11 is 0. The van der Waals surface area contributed by atoms with Crippen LogP contribution in [-0.4, -0.2) is 9.38 Å². The van der Waals surface area contributed by atoms with Crippen molar-refractivity contribution in [2.24, 2.45) is 0 Å². The van der Waals surface area contributed by atoms with Crippen molar-refractivity contribution in [3.63, 3.8) is 0 Å². The molecule has 4 heteroatoms. The minimum Gasteiger partial charge on any atom is -0.293 e. The number of hydrogen-bond acceptors (Lipinski definition) is 1. The number of benzene rings is 4. The van der Waals surface area contributed by atoms with Crippen molar-refractivity contribution in [3.05, 3.63) is 95.6 Å². The van der Waals surface area contributed by atoms with Gasteiger partial charge in [0.2, 0.25) is 0 Å². The normalized spacial score (nSPS) is 11.4. The number of rotatable bonds is 0. The second-order valence-corrected chi connectivity index (χ2v) is 7.05. The smallest absolute Gasteiger partial charge is 0.196 e. The standard InChI is InChI=1S/C25H12N4/c1-26-20-13-18-23(14-21(20)27-2)29-22-10-6-5-9-19(22)28-25(29)17-12-11-15-7-3-4-8-16(15)24(17)18/h3-14H. The van der Waals surface area contributed by atoms with E-state index in [9.17, 15) is 0 Å². The van der Waals surface area contributed by atoms with Gasteiger partial charge in [-0.05, 0) is 40.4 Å². The third-order valence-electron chi connectivity index (χ3n) is 5.57. The number of pyridine rings is 1. The summed E-state index contributed by atoms with van der Waals surface area (Å²) < 4.78 is 2.12. The molecular weight excluding hydrogens is 356 g/mol. The van der Waals surface area contributed by atoms with Crippen LogP contribution in [0.2, 0.25) is 0 Å². The largest absolute Gasteiger partial charge is 0.293 e. The molecule has 2 heterocycles. The van der Waals surface area contributed by atoms with Crippen LogP contribution in [0.1, 0.15) is 0 Å². The van der Waals surface area contributed by atoms with Gasteiger partial charge < -0.3 is 0 Å². The number of hydrogen-bond donors (Lipinski definition) is 0. The first-order valence-electron chi connectivity index (χ1n) is 9.23. The van der Waals surface area contributed by atoms with Crippen LogP contribution in [0.3, 0.4) is 0 Å². The van der Waals surface area contributed by atoms with Gasteiger partial charge in [-0.3, -0.25) is 14.1 Å². The van der Waals surface area contributed by atoms with E-state index in [1.54, 1.807) is 0 Å². The summed E-state index contributed by atoms with van der Waals surface area (Å²) in [6.07, 6.45) is 0. The van der Waals surface area contributed by atoms with Crippen LogP contribution < -0.4 is 0 Å². The van der Waals surface area contributed by atoms with E-state index in [2.05, 4.69) is 38.4 Å². The van der Waals surface area contributed by atoms with Gasteiger partial charge in [0.25, 0.3) is 0 Å². The third-order valence-corrected chi connectivity index (χ3v) is 5.57. The fraction of sp³-hybridized carbons (Fsp3) is 0. The van der Waals surface area contributed by atoms with Gasteiger partial charge in [-0.15, -0.1) is 0 Å². The van der Waals surface area contributed by atoms with Gasteiger partial charge in [0.15, 0.2) is 11.4 Å². The maximum Gasteiger partial charge on any atom is 0.196 e. The molecule has 2 aromatic heterocycles. The van der Waals surface area contributed by atoms with E-state index in [0.29, 0.717) is 11.4 Å². The molecule has 132 valence electrons.